The lowest BCUT2D eigenvalue weighted by Gasteiger charge is -2.56. The van der Waals surface area contributed by atoms with Crippen LogP contribution in [0.2, 0.25) is 0 Å². The fourth-order valence-corrected chi connectivity index (χ4v) is 9.62. The molecule has 1 spiro atoms. The Bertz CT molecular complexity index is 1190. The minimum absolute atomic E-state index is 0.0845. The molecule has 0 radical (unpaired) electrons. The Balaban J connectivity index is 1.21. The molecule has 1 aromatic carbocycles. The molecule has 4 aliphatic heterocycles. The van der Waals surface area contributed by atoms with Crippen molar-refractivity contribution in [3.8, 4) is 11.8 Å². The highest BCUT2D eigenvalue weighted by atomic mass is 32.2. The first-order valence-corrected chi connectivity index (χ1v) is 16.5. The highest BCUT2D eigenvalue weighted by Gasteiger charge is 2.50. The number of benzene rings is 1. The van der Waals surface area contributed by atoms with Gasteiger partial charge in [-0.15, -0.1) is 11.8 Å². The topological polar surface area (TPSA) is 93.1 Å². The quantitative estimate of drug-likeness (QED) is 0.462. The van der Waals surface area contributed by atoms with Crippen molar-refractivity contribution in [1.82, 2.24) is 25.3 Å². The molecule has 228 valence electrons. The number of hydrogen-bond donors (Lipinski definition) is 2. The predicted molar refractivity (Wildman–Crippen MR) is 164 cm³/mol. The number of ether oxygens (including phenoxy) is 2. The number of amides is 1. The zero-order valence-electron chi connectivity index (χ0n) is 25.1. The van der Waals surface area contributed by atoms with Crippen LogP contribution in [0.3, 0.4) is 0 Å². The second-order valence-corrected chi connectivity index (χ2v) is 14.3. The van der Waals surface area contributed by atoms with Crippen LogP contribution >= 0.6 is 11.8 Å². The number of rotatable bonds is 7. The fourth-order valence-electron chi connectivity index (χ4n) is 7.99. The molecule has 0 bridgehead atoms. The molecular weight excluding hydrogens is 548 g/mol. The van der Waals surface area contributed by atoms with Gasteiger partial charge in [0.15, 0.2) is 6.35 Å². The number of carbonyl (C=O) groups is 1. The lowest BCUT2D eigenvalue weighted by atomic mass is 9.73. The lowest BCUT2D eigenvalue weighted by molar-refractivity contribution is -0.135. The first-order valence-electron chi connectivity index (χ1n) is 15.7. The Labute approximate surface area is 254 Å². The summed E-state index contributed by atoms with van der Waals surface area (Å²) in [6.07, 6.45) is 9.67. The summed E-state index contributed by atoms with van der Waals surface area (Å²) in [5.74, 6) is 1.26. The molecule has 3 saturated heterocycles. The molecule has 4 heterocycles. The molecule has 1 aliphatic carbocycles. The summed E-state index contributed by atoms with van der Waals surface area (Å²) in [5.41, 5.74) is 1.43. The predicted octanol–water partition coefficient (Wildman–Crippen LogP) is 3.17. The molecule has 6 rings (SSSR count). The number of nitrogens with one attached hydrogen (secondary N) is 2. The summed E-state index contributed by atoms with van der Waals surface area (Å²) in [4.78, 5) is 20.7. The van der Waals surface area contributed by atoms with E-state index in [9.17, 15) is 10.1 Å². The van der Waals surface area contributed by atoms with Gasteiger partial charge in [0.05, 0.1) is 38.4 Å². The van der Waals surface area contributed by atoms with Crippen molar-refractivity contribution in [2.45, 2.75) is 91.7 Å². The van der Waals surface area contributed by atoms with Crippen LogP contribution in [0, 0.1) is 17.2 Å². The molecule has 10 heteroatoms. The third-order valence-corrected chi connectivity index (χ3v) is 12.0. The van der Waals surface area contributed by atoms with Gasteiger partial charge >= 0.3 is 0 Å². The number of thioether (sulfide) groups is 1. The van der Waals surface area contributed by atoms with E-state index in [0.717, 1.165) is 38.1 Å². The van der Waals surface area contributed by atoms with Crippen LogP contribution < -0.4 is 15.4 Å². The first kappa shape index (κ1) is 29.9. The third kappa shape index (κ3) is 6.10. The van der Waals surface area contributed by atoms with Crippen LogP contribution in [0.15, 0.2) is 35.7 Å². The van der Waals surface area contributed by atoms with E-state index < -0.39 is 0 Å². The molecule has 0 aromatic heterocycles. The van der Waals surface area contributed by atoms with Gasteiger partial charge in [-0.2, -0.15) is 5.26 Å². The smallest absolute Gasteiger partial charge is 0.246 e. The van der Waals surface area contributed by atoms with Crippen LogP contribution in [0.4, 0.5) is 0 Å². The minimum atomic E-state index is -0.233. The molecule has 1 aromatic rings. The molecule has 7 atom stereocenters. The Hall–Kier alpha value is -2.13. The average Bonchev–Trinajstić information content (AvgIpc) is 3.43. The number of nitriles is 1. The number of aryl methyl sites for hydroxylation is 1. The van der Waals surface area contributed by atoms with Gasteiger partial charge < -0.3 is 19.3 Å². The normalized spacial score (nSPS) is 35.3. The molecule has 9 nitrogen and oxygen atoms in total. The van der Waals surface area contributed by atoms with Gasteiger partial charge in [-0.05, 0) is 82.3 Å². The van der Waals surface area contributed by atoms with Crippen molar-refractivity contribution < 1.29 is 14.3 Å². The Morgan fingerprint density at radius 3 is 2.88 bits per heavy atom. The summed E-state index contributed by atoms with van der Waals surface area (Å²) >= 11 is 2.06. The van der Waals surface area contributed by atoms with Crippen molar-refractivity contribution in [3.05, 3.63) is 36.4 Å². The van der Waals surface area contributed by atoms with Crippen LogP contribution in [-0.2, 0) is 16.0 Å². The number of methoxy groups -OCH3 is 1. The SMILES string of the molecule is C=CC(=O)N1CCN(C2NC(OCC3CCCN3C)NC3C[C@]4(CCc5ccc(OC)cc5S4)CCC32)CC1CC#N. The zero-order chi connectivity index (χ0) is 29.3. The summed E-state index contributed by atoms with van der Waals surface area (Å²) in [6, 6.07) is 9.49. The Morgan fingerprint density at radius 2 is 2.12 bits per heavy atom. The van der Waals surface area contributed by atoms with Gasteiger partial charge in [0.2, 0.25) is 5.91 Å². The fraction of sp³-hybridized carbons (Fsp3) is 0.688. The van der Waals surface area contributed by atoms with E-state index in [2.05, 4.69) is 70.1 Å². The zero-order valence-corrected chi connectivity index (χ0v) is 25.9. The molecule has 1 amide bonds. The van der Waals surface area contributed by atoms with Gasteiger partial charge in [0, 0.05) is 47.3 Å². The van der Waals surface area contributed by atoms with Crippen LogP contribution in [0.1, 0.15) is 50.5 Å². The van der Waals surface area contributed by atoms with E-state index in [4.69, 9.17) is 9.47 Å². The van der Waals surface area contributed by atoms with Gasteiger partial charge in [-0.1, -0.05) is 12.6 Å². The van der Waals surface area contributed by atoms with E-state index in [1.54, 1.807) is 7.11 Å². The molecule has 6 unspecified atom stereocenters. The summed E-state index contributed by atoms with van der Waals surface area (Å²) < 4.78 is 12.3. The summed E-state index contributed by atoms with van der Waals surface area (Å²) in [7, 11) is 3.94. The van der Waals surface area contributed by atoms with E-state index >= 15 is 0 Å². The Morgan fingerprint density at radius 1 is 1.24 bits per heavy atom. The van der Waals surface area contributed by atoms with Gasteiger partial charge in [-0.25, -0.2) is 0 Å². The molecule has 1 saturated carbocycles. The molecule has 4 fully saturated rings. The standard InChI is InChI=1S/C32H46N6O3S/c1-4-29(39)38-17-16-37(20-23(38)11-14-33)30-26-10-13-32(12-9-22-7-8-25(40-3)18-28(22)42-32)19-27(26)34-31(35-30)41-21-24-6-5-15-36(24)2/h4,7-8,18,23-24,26-27,30-31,34-35H,1,5-6,9-13,15-17,19-21H2,2-3H3/t23?,24?,26?,27?,30?,31?,32-/m0/s1. The van der Waals surface area contributed by atoms with Crippen LogP contribution in [0.25, 0.3) is 0 Å². The van der Waals surface area contributed by atoms with Crippen molar-refractivity contribution in [2.24, 2.45) is 5.92 Å². The van der Waals surface area contributed by atoms with Gasteiger partial charge in [0.25, 0.3) is 0 Å². The second-order valence-electron chi connectivity index (χ2n) is 12.8. The number of carbonyl (C=O) groups excluding carboxylic acids is 1. The van der Waals surface area contributed by atoms with Crippen LogP contribution in [-0.4, -0.2) is 103 Å². The third-order valence-electron chi connectivity index (χ3n) is 10.4. The minimum Gasteiger partial charge on any atom is -0.497 e. The molecule has 5 aliphatic rings. The summed E-state index contributed by atoms with van der Waals surface area (Å²) in [6.45, 7) is 7.59. The largest absolute Gasteiger partial charge is 0.497 e. The van der Waals surface area contributed by atoms with E-state index in [1.807, 2.05) is 4.90 Å². The number of fused-ring (bicyclic) bond motifs is 2. The van der Waals surface area contributed by atoms with Crippen molar-refractivity contribution >= 4 is 17.7 Å². The maximum Gasteiger partial charge on any atom is 0.246 e. The monoisotopic (exact) mass is 594 g/mol. The number of hydrogen-bond acceptors (Lipinski definition) is 9. The second kappa shape index (κ2) is 12.8. The molecular formula is C32H46N6O3S. The average molecular weight is 595 g/mol. The van der Waals surface area contributed by atoms with Crippen molar-refractivity contribution in [2.75, 3.05) is 46.9 Å². The van der Waals surface area contributed by atoms with Crippen molar-refractivity contribution in [3.63, 3.8) is 0 Å². The van der Waals surface area contributed by atoms with Crippen molar-refractivity contribution in [1.29, 1.82) is 5.26 Å². The number of nitrogens with zero attached hydrogens (tertiary/aromatic N) is 4. The first-order chi connectivity index (χ1) is 20.4. The highest BCUT2D eigenvalue weighted by molar-refractivity contribution is 8.00. The number of likely N-dealkylation sites (tertiary alicyclic amines) is 1. The maximum atomic E-state index is 12.6. The summed E-state index contributed by atoms with van der Waals surface area (Å²) in [5, 5.41) is 17.3. The van der Waals surface area contributed by atoms with Gasteiger partial charge in [0.1, 0.15) is 5.75 Å². The lowest BCUT2D eigenvalue weighted by Crippen LogP contribution is -2.72. The highest BCUT2D eigenvalue weighted by Crippen LogP contribution is 2.53. The van der Waals surface area contributed by atoms with Gasteiger partial charge in [-0.3, -0.25) is 20.3 Å². The number of piperazine rings is 1. The maximum absolute atomic E-state index is 12.6. The van der Waals surface area contributed by atoms with E-state index in [-0.39, 0.29) is 29.2 Å². The van der Waals surface area contributed by atoms with Crippen LogP contribution in [0.5, 0.6) is 5.75 Å². The van der Waals surface area contributed by atoms with E-state index in [1.165, 1.54) is 42.2 Å². The Kier molecular flexibility index (Phi) is 9.15. The molecule has 2 N–H and O–H groups in total. The van der Waals surface area contributed by atoms with E-state index in [0.29, 0.717) is 44.1 Å². The number of likely N-dealkylation sites (N-methyl/N-ethyl adjacent to an activating group) is 1. The molecule has 42 heavy (non-hydrogen) atoms.